The van der Waals surface area contributed by atoms with E-state index in [1.54, 1.807) is 19.1 Å². The number of rotatable bonds is 7. The van der Waals surface area contributed by atoms with Crippen LogP contribution in [0.2, 0.25) is 5.02 Å². The molecule has 3 rings (SSSR count). The van der Waals surface area contributed by atoms with Gasteiger partial charge in [-0.1, -0.05) is 35.9 Å². The van der Waals surface area contributed by atoms with Crippen molar-refractivity contribution >= 4 is 34.8 Å². The quantitative estimate of drug-likeness (QED) is 0.721. The van der Waals surface area contributed by atoms with Crippen LogP contribution in [0.1, 0.15) is 28.2 Å². The van der Waals surface area contributed by atoms with E-state index in [2.05, 4.69) is 15.5 Å². The van der Waals surface area contributed by atoms with Crippen molar-refractivity contribution in [3.05, 3.63) is 57.2 Å². The molecule has 2 amide bonds. The minimum absolute atomic E-state index is 0.0539. The van der Waals surface area contributed by atoms with Gasteiger partial charge in [-0.2, -0.15) is 0 Å². The number of hydrogen-bond acceptors (Lipinski definition) is 5. The first kappa shape index (κ1) is 20.8. The Hall–Kier alpha value is -1.93. The van der Waals surface area contributed by atoms with Gasteiger partial charge in [-0.15, -0.1) is 11.3 Å². The molecule has 2 atom stereocenters. The van der Waals surface area contributed by atoms with E-state index in [9.17, 15) is 9.59 Å². The number of hydrogen-bond donors (Lipinski definition) is 2. The third-order valence-corrected chi connectivity index (χ3v) is 5.92. The van der Waals surface area contributed by atoms with Crippen LogP contribution in [-0.4, -0.2) is 55.6 Å². The Morgan fingerprint density at radius 1 is 1.21 bits per heavy atom. The lowest BCUT2D eigenvalue weighted by atomic mass is 10.0. The molecular weight excluding hydrogens is 398 g/mol. The van der Waals surface area contributed by atoms with E-state index in [0.717, 1.165) is 18.7 Å². The van der Waals surface area contributed by atoms with Gasteiger partial charge >= 0.3 is 0 Å². The van der Waals surface area contributed by atoms with Crippen LogP contribution in [0.4, 0.5) is 0 Å². The van der Waals surface area contributed by atoms with Crippen molar-refractivity contribution in [2.75, 3.05) is 32.8 Å². The molecule has 1 aliphatic rings. The lowest BCUT2D eigenvalue weighted by Crippen LogP contribution is -2.48. The monoisotopic (exact) mass is 421 g/mol. The summed E-state index contributed by atoms with van der Waals surface area (Å²) in [5.41, 5.74) is 0.974. The Bertz CT molecular complexity index is 794. The SMILES string of the molecule is C[C@@H](NC(=O)c1cccs1)C(=O)NC[C@@H](c1ccccc1Cl)N1CCOCC1. The molecule has 0 spiro atoms. The summed E-state index contributed by atoms with van der Waals surface area (Å²) < 4.78 is 5.45. The van der Waals surface area contributed by atoms with Crippen molar-refractivity contribution in [2.45, 2.75) is 19.0 Å². The average Bonchev–Trinajstić information content (AvgIpc) is 3.25. The van der Waals surface area contributed by atoms with Gasteiger partial charge in [0.1, 0.15) is 6.04 Å². The summed E-state index contributed by atoms with van der Waals surface area (Å²) >= 11 is 7.76. The Labute approximate surface area is 173 Å². The van der Waals surface area contributed by atoms with Gasteiger partial charge in [0.05, 0.1) is 24.1 Å². The van der Waals surface area contributed by atoms with Crippen molar-refractivity contribution in [2.24, 2.45) is 0 Å². The normalized spacial score (nSPS) is 16.9. The fraction of sp³-hybridized carbons (Fsp3) is 0.400. The molecule has 2 heterocycles. The van der Waals surface area contributed by atoms with Crippen molar-refractivity contribution in [3.63, 3.8) is 0 Å². The number of carbonyl (C=O) groups excluding carboxylic acids is 2. The van der Waals surface area contributed by atoms with Crippen LogP contribution in [0.25, 0.3) is 0 Å². The molecule has 2 aromatic rings. The molecule has 0 bridgehead atoms. The number of carbonyl (C=O) groups is 2. The van der Waals surface area contributed by atoms with E-state index in [1.807, 2.05) is 29.6 Å². The van der Waals surface area contributed by atoms with Gasteiger partial charge in [-0.25, -0.2) is 0 Å². The second kappa shape index (κ2) is 10.0. The molecule has 150 valence electrons. The molecule has 0 radical (unpaired) electrons. The first-order chi connectivity index (χ1) is 13.6. The Kier molecular flexibility index (Phi) is 7.44. The fourth-order valence-corrected chi connectivity index (χ4v) is 4.05. The highest BCUT2D eigenvalue weighted by Crippen LogP contribution is 2.27. The predicted molar refractivity (Wildman–Crippen MR) is 111 cm³/mol. The molecule has 8 heteroatoms. The van der Waals surface area contributed by atoms with E-state index < -0.39 is 6.04 Å². The zero-order valence-corrected chi connectivity index (χ0v) is 17.3. The third-order valence-electron chi connectivity index (χ3n) is 4.71. The van der Waals surface area contributed by atoms with E-state index in [0.29, 0.717) is 29.7 Å². The van der Waals surface area contributed by atoms with Crippen molar-refractivity contribution in [1.29, 1.82) is 0 Å². The molecule has 0 unspecified atom stereocenters. The minimum Gasteiger partial charge on any atom is -0.379 e. The summed E-state index contributed by atoms with van der Waals surface area (Å²) in [4.78, 5) is 27.6. The molecule has 2 N–H and O–H groups in total. The molecule has 28 heavy (non-hydrogen) atoms. The highest BCUT2D eigenvalue weighted by atomic mass is 35.5. The van der Waals surface area contributed by atoms with E-state index in [1.165, 1.54) is 11.3 Å². The first-order valence-electron chi connectivity index (χ1n) is 9.24. The van der Waals surface area contributed by atoms with Gasteiger partial charge in [0, 0.05) is 24.7 Å². The molecule has 1 fully saturated rings. The summed E-state index contributed by atoms with van der Waals surface area (Å²) in [6.07, 6.45) is 0. The van der Waals surface area contributed by atoms with Crippen LogP contribution in [0, 0.1) is 0 Å². The topological polar surface area (TPSA) is 70.7 Å². The largest absolute Gasteiger partial charge is 0.379 e. The molecule has 0 aliphatic carbocycles. The summed E-state index contributed by atoms with van der Waals surface area (Å²) in [5, 5.41) is 8.20. The molecule has 6 nitrogen and oxygen atoms in total. The van der Waals surface area contributed by atoms with Crippen LogP contribution in [0.3, 0.4) is 0 Å². The van der Waals surface area contributed by atoms with Crippen molar-refractivity contribution in [3.8, 4) is 0 Å². The van der Waals surface area contributed by atoms with Gasteiger partial charge in [0.25, 0.3) is 5.91 Å². The van der Waals surface area contributed by atoms with Crippen LogP contribution < -0.4 is 10.6 Å². The van der Waals surface area contributed by atoms with Crippen molar-refractivity contribution in [1.82, 2.24) is 15.5 Å². The second-order valence-corrected chi connectivity index (χ2v) is 7.96. The van der Waals surface area contributed by atoms with Crippen LogP contribution in [0.15, 0.2) is 41.8 Å². The maximum absolute atomic E-state index is 12.6. The van der Waals surface area contributed by atoms with Crippen LogP contribution in [0.5, 0.6) is 0 Å². The minimum atomic E-state index is -0.633. The number of benzene rings is 1. The number of halogens is 1. The van der Waals surface area contributed by atoms with E-state index in [4.69, 9.17) is 16.3 Å². The molecule has 1 aliphatic heterocycles. The van der Waals surface area contributed by atoms with Crippen LogP contribution in [-0.2, 0) is 9.53 Å². The van der Waals surface area contributed by atoms with E-state index >= 15 is 0 Å². The molecular formula is C20H24ClN3O3S. The Morgan fingerprint density at radius 2 is 1.96 bits per heavy atom. The summed E-state index contributed by atoms with van der Waals surface area (Å²) in [5.74, 6) is -0.469. The highest BCUT2D eigenvalue weighted by Gasteiger charge is 2.26. The number of amides is 2. The molecule has 1 saturated heterocycles. The number of morpholine rings is 1. The van der Waals surface area contributed by atoms with Crippen molar-refractivity contribution < 1.29 is 14.3 Å². The first-order valence-corrected chi connectivity index (χ1v) is 10.5. The standard InChI is InChI=1S/C20H24ClN3O3S/c1-14(23-20(26)18-7-4-12-28-18)19(25)22-13-17(24-8-10-27-11-9-24)15-5-2-3-6-16(15)21/h2-7,12,14,17H,8-11,13H2,1H3,(H,22,25)(H,23,26)/t14-,17+/m1/s1. The number of ether oxygens (including phenoxy) is 1. The summed E-state index contributed by atoms with van der Waals surface area (Å²) in [6, 6.07) is 10.5. The molecule has 1 aromatic carbocycles. The number of nitrogens with one attached hydrogen (secondary N) is 2. The Morgan fingerprint density at radius 3 is 2.64 bits per heavy atom. The third kappa shape index (κ3) is 5.32. The summed E-state index contributed by atoms with van der Waals surface area (Å²) in [7, 11) is 0. The van der Waals surface area contributed by atoms with Gasteiger partial charge in [-0.05, 0) is 30.0 Å². The second-order valence-electron chi connectivity index (χ2n) is 6.60. The highest BCUT2D eigenvalue weighted by molar-refractivity contribution is 7.12. The Balaban J connectivity index is 1.63. The van der Waals surface area contributed by atoms with E-state index in [-0.39, 0.29) is 17.9 Å². The van der Waals surface area contributed by atoms with Gasteiger partial charge in [-0.3, -0.25) is 14.5 Å². The maximum Gasteiger partial charge on any atom is 0.261 e. The number of nitrogens with zero attached hydrogens (tertiary/aromatic N) is 1. The fourth-order valence-electron chi connectivity index (χ4n) is 3.16. The summed E-state index contributed by atoms with van der Waals surface area (Å²) in [6.45, 7) is 4.94. The maximum atomic E-state index is 12.6. The zero-order valence-electron chi connectivity index (χ0n) is 15.7. The molecule has 1 aromatic heterocycles. The van der Waals surface area contributed by atoms with Gasteiger partial charge in [0.15, 0.2) is 0 Å². The zero-order chi connectivity index (χ0) is 19.9. The lowest BCUT2D eigenvalue weighted by molar-refractivity contribution is -0.122. The number of thiophene rings is 1. The molecule has 0 saturated carbocycles. The smallest absolute Gasteiger partial charge is 0.261 e. The average molecular weight is 422 g/mol. The van der Waals surface area contributed by atoms with Gasteiger partial charge in [0.2, 0.25) is 5.91 Å². The predicted octanol–water partition coefficient (Wildman–Crippen LogP) is 2.71. The lowest BCUT2D eigenvalue weighted by Gasteiger charge is -2.35. The van der Waals surface area contributed by atoms with Gasteiger partial charge < -0.3 is 15.4 Å². The van der Waals surface area contributed by atoms with Crippen LogP contribution >= 0.6 is 22.9 Å².